The molecule has 48 heavy (non-hydrogen) atoms. The topological polar surface area (TPSA) is 169 Å². The lowest BCUT2D eigenvalue weighted by molar-refractivity contribution is -0.299. The Morgan fingerprint density at radius 3 is 2.02 bits per heavy atom. The third-order valence-corrected chi connectivity index (χ3v) is 11.6. The highest BCUT2D eigenvalue weighted by Crippen LogP contribution is 2.45. The highest BCUT2D eigenvalue weighted by molar-refractivity contribution is 5.73. The fraction of sp³-hybridized carbons (Fsp3) is 0.971. The third-order valence-electron chi connectivity index (χ3n) is 11.6. The van der Waals surface area contributed by atoms with E-state index in [4.69, 9.17) is 33.2 Å². The van der Waals surface area contributed by atoms with Crippen LogP contribution in [0.2, 0.25) is 0 Å². The predicted octanol–water partition coefficient (Wildman–Crippen LogP) is 1.70. The monoisotopic (exact) mass is 689 g/mol. The minimum Gasteiger partial charge on any atom is -0.462 e. The molecule has 4 N–H and O–H groups in total. The highest BCUT2D eigenvalue weighted by Gasteiger charge is 2.57. The summed E-state index contributed by atoms with van der Waals surface area (Å²) >= 11 is 0. The fourth-order valence-electron chi connectivity index (χ4n) is 8.09. The second-order valence-corrected chi connectivity index (χ2v) is 15.5. The molecule has 0 aromatic rings. The smallest absolute Gasteiger partial charge is 0.311 e. The Morgan fingerprint density at radius 2 is 1.44 bits per heavy atom. The number of esters is 1. The number of cyclic esters (lactones) is 1. The Bertz CT molecular complexity index is 1050. The average Bonchev–Trinajstić information content (AvgIpc) is 3.82. The lowest BCUT2D eigenvalue weighted by atomic mass is 9.75. The first-order valence-electron chi connectivity index (χ1n) is 17.8. The van der Waals surface area contributed by atoms with Crippen LogP contribution < -0.4 is 0 Å². The molecular formula is C35H63NO12. The number of nitrogens with zero attached hydrogens (tertiary/aromatic N) is 1. The summed E-state index contributed by atoms with van der Waals surface area (Å²) < 4.78 is 43.2. The van der Waals surface area contributed by atoms with Gasteiger partial charge in [-0.2, -0.15) is 0 Å². The van der Waals surface area contributed by atoms with Crippen LogP contribution in [0.15, 0.2) is 0 Å². The fourth-order valence-corrected chi connectivity index (χ4v) is 8.09. The van der Waals surface area contributed by atoms with Gasteiger partial charge >= 0.3 is 5.97 Å². The van der Waals surface area contributed by atoms with Crippen molar-refractivity contribution in [2.75, 3.05) is 27.8 Å². The normalized spacial score (nSPS) is 51.4. The second-order valence-electron chi connectivity index (χ2n) is 15.5. The van der Waals surface area contributed by atoms with Gasteiger partial charge < -0.3 is 58.5 Å². The number of aliphatic hydroxyl groups is 4. The molecule has 0 bridgehead atoms. The van der Waals surface area contributed by atoms with Gasteiger partial charge in [0.2, 0.25) is 0 Å². The Labute approximate surface area is 286 Å². The number of methoxy groups -OCH3 is 1. The van der Waals surface area contributed by atoms with E-state index >= 15 is 0 Å². The number of aliphatic hydroxyl groups excluding tert-OH is 4. The number of carbonyl (C=O) groups is 1. The molecule has 0 amide bonds. The van der Waals surface area contributed by atoms with Gasteiger partial charge in [-0.05, 0) is 60.5 Å². The Morgan fingerprint density at radius 1 is 0.792 bits per heavy atom. The number of rotatable bonds is 6. The maximum atomic E-state index is 13.9. The van der Waals surface area contributed by atoms with Gasteiger partial charge in [-0.3, -0.25) is 4.79 Å². The summed E-state index contributed by atoms with van der Waals surface area (Å²) in [5.41, 5.74) is -0.901. The summed E-state index contributed by atoms with van der Waals surface area (Å²) in [5.74, 6) is -3.15. The molecule has 0 saturated carbocycles. The van der Waals surface area contributed by atoms with Gasteiger partial charge in [0.05, 0.1) is 55.3 Å². The van der Waals surface area contributed by atoms with E-state index in [1.165, 1.54) is 7.11 Å². The molecule has 0 aromatic heterocycles. The maximum absolute atomic E-state index is 13.9. The van der Waals surface area contributed by atoms with Crippen molar-refractivity contribution in [2.45, 2.75) is 160 Å². The molecule has 0 radical (unpaired) electrons. The number of carbonyl (C=O) groups excluding carboxylic acids is 1. The summed E-state index contributed by atoms with van der Waals surface area (Å²) in [6.07, 6.45) is -7.72. The summed E-state index contributed by atoms with van der Waals surface area (Å²) in [5, 5.41) is 45.0. The molecule has 4 saturated heterocycles. The minimum atomic E-state index is -0.991. The van der Waals surface area contributed by atoms with Gasteiger partial charge in [0.15, 0.2) is 12.6 Å². The Hall–Kier alpha value is -0.970. The highest BCUT2D eigenvalue weighted by atomic mass is 16.7. The second kappa shape index (κ2) is 16.1. The molecule has 4 rings (SSSR count). The van der Waals surface area contributed by atoms with Crippen LogP contribution in [0.3, 0.4) is 0 Å². The molecule has 4 fully saturated rings. The summed E-state index contributed by atoms with van der Waals surface area (Å²) in [6.45, 7) is 15.0. The molecule has 1 unspecified atom stereocenters. The standard InChI is InChI=1S/C35H63NO12/c1-16-14-35(15-43-35)32(40)19(4)27(37)18(3)22(7)46-33(41)21(6)31(47-26-13-25(42-11)28(38)23(8)45-26)20(5)30(16)48-34-29(39)24(36(9)10)12-17(2)44-34/h16-32,34,37-40H,12-15H2,1-11H3/t16-,17+,18-,19+,20+,21+,22+,23-,24-,25-,26-,27-,28-,29+,30-,31-,32?,34-,35-/m0/s1. The van der Waals surface area contributed by atoms with E-state index in [2.05, 4.69) is 0 Å². The molecule has 4 aliphatic rings. The summed E-state index contributed by atoms with van der Waals surface area (Å²) in [4.78, 5) is 15.8. The molecular weight excluding hydrogens is 626 g/mol. The first-order chi connectivity index (χ1) is 22.4. The lowest BCUT2D eigenvalue weighted by Gasteiger charge is -2.46. The van der Waals surface area contributed by atoms with Gasteiger partial charge in [-0.25, -0.2) is 0 Å². The molecule has 13 nitrogen and oxygen atoms in total. The molecule has 4 heterocycles. The van der Waals surface area contributed by atoms with Gasteiger partial charge in [-0.1, -0.05) is 27.7 Å². The van der Waals surface area contributed by atoms with Gasteiger partial charge in [0.25, 0.3) is 0 Å². The van der Waals surface area contributed by atoms with Crippen molar-refractivity contribution in [2.24, 2.45) is 29.6 Å². The number of hydrogen-bond acceptors (Lipinski definition) is 13. The van der Waals surface area contributed by atoms with Crippen LogP contribution in [0.25, 0.3) is 0 Å². The predicted molar refractivity (Wildman–Crippen MR) is 175 cm³/mol. The number of hydrogen-bond donors (Lipinski definition) is 4. The van der Waals surface area contributed by atoms with Crippen molar-refractivity contribution in [3.8, 4) is 0 Å². The van der Waals surface area contributed by atoms with E-state index in [0.717, 1.165) is 0 Å². The first kappa shape index (κ1) is 39.8. The zero-order valence-electron chi connectivity index (χ0n) is 30.7. The molecule has 13 heteroatoms. The third kappa shape index (κ3) is 8.55. The van der Waals surface area contributed by atoms with Crippen LogP contribution in [0, 0.1) is 29.6 Å². The van der Waals surface area contributed by atoms with Crippen LogP contribution in [-0.4, -0.2) is 144 Å². The van der Waals surface area contributed by atoms with E-state index in [9.17, 15) is 25.2 Å². The van der Waals surface area contributed by atoms with Crippen molar-refractivity contribution in [3.05, 3.63) is 0 Å². The van der Waals surface area contributed by atoms with E-state index in [0.29, 0.717) is 19.4 Å². The Balaban J connectivity index is 1.74. The van der Waals surface area contributed by atoms with Gasteiger partial charge in [-0.15, -0.1) is 0 Å². The Kier molecular flexibility index (Phi) is 13.4. The van der Waals surface area contributed by atoms with Crippen molar-refractivity contribution >= 4 is 5.97 Å². The van der Waals surface area contributed by atoms with Crippen molar-refractivity contribution in [3.63, 3.8) is 0 Å². The molecule has 1 spiro atoms. The zero-order valence-corrected chi connectivity index (χ0v) is 30.7. The number of likely N-dealkylation sites (N-methyl/N-ethyl adjacent to an activating group) is 1. The van der Waals surface area contributed by atoms with Gasteiger partial charge in [0.1, 0.15) is 23.9 Å². The molecule has 19 atom stereocenters. The van der Waals surface area contributed by atoms with Gasteiger partial charge in [0, 0.05) is 37.3 Å². The quantitative estimate of drug-likeness (QED) is 0.235. The SMILES string of the molecule is CO[C@H]1C[C@H](O[C@H]2[C@H](C)[C@@H](O[C@@H]3O[C@H](C)C[C@H](N(C)C)[C@H]3O)[C@@H](C)C[C@]3(CO3)C(O)[C@H](C)[C@@H](O)[C@@H](C)[C@@H](C)OC(=O)[C@@H]2C)O[C@@H](C)[C@@H]1O. The molecule has 4 aliphatic heterocycles. The minimum absolute atomic E-state index is 0.184. The van der Waals surface area contributed by atoms with Crippen LogP contribution >= 0.6 is 0 Å². The van der Waals surface area contributed by atoms with Crippen LogP contribution in [0.1, 0.15) is 74.7 Å². The maximum Gasteiger partial charge on any atom is 0.311 e. The van der Waals surface area contributed by atoms with E-state index in [1.807, 2.05) is 39.8 Å². The largest absolute Gasteiger partial charge is 0.462 e. The van der Waals surface area contributed by atoms with Crippen LogP contribution in [0.5, 0.6) is 0 Å². The van der Waals surface area contributed by atoms with E-state index in [1.54, 1.807) is 34.6 Å². The molecule has 280 valence electrons. The van der Waals surface area contributed by atoms with Crippen molar-refractivity contribution < 1.29 is 58.4 Å². The van der Waals surface area contributed by atoms with Crippen molar-refractivity contribution in [1.82, 2.24) is 4.90 Å². The lowest BCUT2D eigenvalue weighted by Crippen LogP contribution is -2.57. The molecule has 0 aliphatic carbocycles. The first-order valence-corrected chi connectivity index (χ1v) is 17.8. The molecule has 0 aromatic carbocycles. The van der Waals surface area contributed by atoms with Crippen LogP contribution in [-0.2, 0) is 38.0 Å². The average molecular weight is 690 g/mol. The van der Waals surface area contributed by atoms with E-state index in [-0.39, 0.29) is 24.5 Å². The van der Waals surface area contributed by atoms with Crippen molar-refractivity contribution in [1.29, 1.82) is 0 Å². The number of ether oxygens (including phenoxy) is 7. The summed E-state index contributed by atoms with van der Waals surface area (Å²) in [6, 6.07) is -0.205. The van der Waals surface area contributed by atoms with E-state index < -0.39 is 103 Å². The van der Waals surface area contributed by atoms with Crippen LogP contribution in [0.4, 0.5) is 0 Å². The zero-order chi connectivity index (χ0) is 35.8. The summed E-state index contributed by atoms with van der Waals surface area (Å²) in [7, 11) is 5.35. The number of epoxide rings is 1.